The standard InChI is InChI=1S/C10H17NO4S/c1-5-6-4-7(10(5,2)3)9(8(6)12)16(13,14)15-11/h5-7,9H,4,11H2,1-3H3/q+1/t5?,6-,7-,9+/m0/s1. The summed E-state index contributed by atoms with van der Waals surface area (Å²) < 4.78 is 27.3. The van der Waals surface area contributed by atoms with Gasteiger partial charge in [0.2, 0.25) is 0 Å². The van der Waals surface area contributed by atoms with Crippen LogP contribution in [0.3, 0.4) is 0 Å². The lowest BCUT2D eigenvalue weighted by atomic mass is 9.69. The maximum absolute atomic E-state index is 12.0. The molecule has 2 fully saturated rings. The SMILES string of the molecule is CC1[C@@H]2C[C@@H]([C@@H]([S+]([O])(=O)ON)C2=O)C1(C)C. The fraction of sp³-hybridized carbons (Fsp3) is 0.900. The van der Waals surface area contributed by atoms with Gasteiger partial charge < -0.3 is 0 Å². The molecule has 5 atom stereocenters. The number of carbonyl (C=O) groups excluding carboxylic acids is 1. The van der Waals surface area contributed by atoms with E-state index in [1.807, 2.05) is 20.8 Å². The van der Waals surface area contributed by atoms with Crippen LogP contribution in [-0.4, -0.2) is 11.0 Å². The Kier molecular flexibility index (Phi) is 2.55. The average molecular weight is 247 g/mol. The Morgan fingerprint density at radius 2 is 2.06 bits per heavy atom. The monoisotopic (exact) mass is 247 g/mol. The molecule has 2 aliphatic carbocycles. The van der Waals surface area contributed by atoms with Crippen molar-refractivity contribution in [2.45, 2.75) is 32.4 Å². The molecule has 0 amide bonds. The van der Waals surface area contributed by atoms with Gasteiger partial charge in [-0.05, 0) is 26.2 Å². The molecule has 2 aliphatic rings. The first kappa shape index (κ1) is 12.2. The zero-order valence-electron chi connectivity index (χ0n) is 9.64. The van der Waals surface area contributed by atoms with Gasteiger partial charge in [0.1, 0.15) is 0 Å². The molecule has 0 aliphatic heterocycles. The van der Waals surface area contributed by atoms with E-state index in [4.69, 9.17) is 5.90 Å². The van der Waals surface area contributed by atoms with E-state index in [2.05, 4.69) is 4.28 Å². The number of ketones is 1. The zero-order chi connectivity index (χ0) is 12.3. The van der Waals surface area contributed by atoms with Crippen molar-refractivity contribution in [3.63, 3.8) is 0 Å². The number of nitrogens with two attached hydrogens (primary N) is 1. The van der Waals surface area contributed by atoms with Crippen LogP contribution in [-0.2, 0) is 28.3 Å². The molecule has 0 saturated heterocycles. The van der Waals surface area contributed by atoms with Crippen molar-refractivity contribution < 1.29 is 17.8 Å². The van der Waals surface area contributed by atoms with Crippen molar-refractivity contribution >= 4 is 16.3 Å². The third-order valence-corrected chi connectivity index (χ3v) is 6.15. The van der Waals surface area contributed by atoms with Gasteiger partial charge in [0, 0.05) is 11.8 Å². The predicted molar refractivity (Wildman–Crippen MR) is 57.3 cm³/mol. The fourth-order valence-corrected chi connectivity index (χ4v) is 4.77. The van der Waals surface area contributed by atoms with Crippen LogP contribution >= 0.6 is 0 Å². The van der Waals surface area contributed by atoms with Crippen LogP contribution in [0.4, 0.5) is 0 Å². The first-order chi connectivity index (χ1) is 7.23. The average Bonchev–Trinajstić information content (AvgIpc) is 2.64. The minimum atomic E-state index is -3.94. The van der Waals surface area contributed by atoms with E-state index in [1.54, 1.807) is 0 Å². The van der Waals surface area contributed by atoms with Gasteiger partial charge in [0.25, 0.3) is 5.25 Å². The first-order valence-corrected chi connectivity index (χ1v) is 6.86. The van der Waals surface area contributed by atoms with Crippen molar-refractivity contribution in [2.75, 3.05) is 0 Å². The predicted octanol–water partition coefficient (Wildman–Crippen LogP) is 0.886. The zero-order valence-corrected chi connectivity index (χ0v) is 10.5. The highest BCUT2D eigenvalue weighted by atomic mass is 32.3. The molecule has 2 saturated carbocycles. The Hall–Kier alpha value is -0.300. The highest BCUT2D eigenvalue weighted by molar-refractivity contribution is 7.94. The van der Waals surface area contributed by atoms with Gasteiger partial charge >= 0.3 is 10.5 Å². The second-order valence-electron chi connectivity index (χ2n) is 5.47. The number of hydrogen-bond donors (Lipinski definition) is 1. The fourth-order valence-electron chi connectivity index (χ4n) is 3.33. The van der Waals surface area contributed by atoms with Crippen LogP contribution in [0.15, 0.2) is 0 Å². The minimum Gasteiger partial charge on any atom is -0.293 e. The Morgan fingerprint density at radius 3 is 2.50 bits per heavy atom. The summed E-state index contributed by atoms with van der Waals surface area (Å²) in [6.07, 6.45) is 0.639. The molecule has 0 aromatic rings. The molecule has 0 aromatic carbocycles. The number of rotatable bonds is 2. The van der Waals surface area contributed by atoms with Crippen molar-refractivity contribution in [1.82, 2.24) is 0 Å². The normalized spacial score (nSPS) is 44.7. The second kappa shape index (κ2) is 3.35. The summed E-state index contributed by atoms with van der Waals surface area (Å²) in [7, 11) is -3.94. The highest BCUT2D eigenvalue weighted by Crippen LogP contribution is 2.59. The van der Waals surface area contributed by atoms with Crippen LogP contribution in [0.1, 0.15) is 27.2 Å². The molecule has 0 heterocycles. The minimum absolute atomic E-state index is 0.157. The van der Waals surface area contributed by atoms with Crippen LogP contribution in [0.5, 0.6) is 0 Å². The number of hydrogen-bond acceptors (Lipinski definition) is 4. The maximum Gasteiger partial charge on any atom is 0.423 e. The molecule has 1 radical (unpaired) electrons. The molecule has 2 unspecified atom stereocenters. The second-order valence-corrected chi connectivity index (χ2v) is 7.16. The van der Waals surface area contributed by atoms with Crippen molar-refractivity contribution in [2.24, 2.45) is 29.1 Å². The molecule has 16 heavy (non-hydrogen) atoms. The van der Waals surface area contributed by atoms with Gasteiger partial charge in [-0.15, -0.1) is 0 Å². The van der Waals surface area contributed by atoms with Gasteiger partial charge in [-0.3, -0.25) is 4.79 Å². The smallest absolute Gasteiger partial charge is 0.293 e. The van der Waals surface area contributed by atoms with Gasteiger partial charge in [-0.25, -0.2) is 0 Å². The molecule has 91 valence electrons. The van der Waals surface area contributed by atoms with Gasteiger partial charge in [-0.1, -0.05) is 20.8 Å². The summed E-state index contributed by atoms with van der Waals surface area (Å²) in [4.78, 5) is 12.0. The third kappa shape index (κ3) is 1.33. The molecule has 6 heteroatoms. The van der Waals surface area contributed by atoms with Crippen molar-refractivity contribution in [3.05, 3.63) is 0 Å². The van der Waals surface area contributed by atoms with Gasteiger partial charge in [-0.2, -0.15) is 5.90 Å². The van der Waals surface area contributed by atoms with Crippen LogP contribution in [0, 0.1) is 23.2 Å². The summed E-state index contributed by atoms with van der Waals surface area (Å²) in [5.74, 6) is 4.43. The molecule has 0 aromatic heterocycles. The highest BCUT2D eigenvalue weighted by Gasteiger charge is 2.70. The molecular weight excluding hydrogens is 230 g/mol. The van der Waals surface area contributed by atoms with Crippen LogP contribution in [0.2, 0.25) is 0 Å². The van der Waals surface area contributed by atoms with E-state index < -0.39 is 15.7 Å². The summed E-state index contributed by atoms with van der Waals surface area (Å²) >= 11 is 0. The Labute approximate surface area is 96.1 Å². The van der Waals surface area contributed by atoms with Crippen molar-refractivity contribution in [3.8, 4) is 0 Å². The summed E-state index contributed by atoms with van der Waals surface area (Å²) in [6, 6.07) is 0. The van der Waals surface area contributed by atoms with Crippen molar-refractivity contribution in [1.29, 1.82) is 0 Å². The van der Waals surface area contributed by atoms with E-state index in [1.165, 1.54) is 0 Å². The first-order valence-electron chi connectivity index (χ1n) is 5.39. The largest absolute Gasteiger partial charge is 0.423 e. The van der Waals surface area contributed by atoms with E-state index in [0.717, 1.165) is 0 Å². The molecule has 2 N–H and O–H groups in total. The third-order valence-electron chi connectivity index (χ3n) is 4.70. The van der Waals surface area contributed by atoms with Crippen LogP contribution in [0.25, 0.3) is 0 Å². The summed E-state index contributed by atoms with van der Waals surface area (Å²) in [5, 5.41) is -1.06. The van der Waals surface area contributed by atoms with E-state index in [-0.39, 0.29) is 29.0 Å². The number of Topliss-reactive ketones (excluding diaryl/α,β-unsaturated/α-hetero) is 1. The lowest BCUT2D eigenvalue weighted by Crippen LogP contribution is -2.49. The molecule has 5 nitrogen and oxygen atoms in total. The lowest BCUT2D eigenvalue weighted by Gasteiger charge is -2.36. The van der Waals surface area contributed by atoms with Gasteiger partial charge in [0.05, 0.1) is 4.55 Å². The number of fused-ring (bicyclic) bond motifs is 2. The summed E-state index contributed by atoms with van der Waals surface area (Å²) in [6.45, 7) is 6.02. The summed E-state index contributed by atoms with van der Waals surface area (Å²) in [5.41, 5.74) is -0.158. The Balaban J connectivity index is 2.40. The number of carbonyl (C=O) groups is 1. The van der Waals surface area contributed by atoms with Crippen LogP contribution < -0.4 is 5.90 Å². The maximum atomic E-state index is 12.0. The Morgan fingerprint density at radius 1 is 1.50 bits per heavy atom. The lowest BCUT2D eigenvalue weighted by molar-refractivity contribution is -0.125. The van der Waals surface area contributed by atoms with E-state index in [9.17, 15) is 13.6 Å². The quantitative estimate of drug-likeness (QED) is 0.579. The van der Waals surface area contributed by atoms with E-state index >= 15 is 0 Å². The topological polar surface area (TPSA) is 89.3 Å². The Bertz CT molecular complexity index is 381. The molecule has 0 spiro atoms. The molecular formula is C10H17NO4S+. The van der Waals surface area contributed by atoms with Gasteiger partial charge in [0.15, 0.2) is 5.78 Å². The molecule has 2 bridgehead atoms. The molecule has 2 rings (SSSR count). The van der Waals surface area contributed by atoms with E-state index in [0.29, 0.717) is 6.42 Å².